The number of imidazole rings is 1. The van der Waals surface area contributed by atoms with E-state index in [4.69, 9.17) is 20.5 Å². The molecule has 0 bridgehead atoms. The lowest BCUT2D eigenvalue weighted by molar-refractivity contribution is 0.394. The van der Waals surface area contributed by atoms with Crippen molar-refractivity contribution in [1.82, 2.24) is 9.97 Å². The molecule has 0 saturated heterocycles. The molecule has 6 heteroatoms. The van der Waals surface area contributed by atoms with Crippen molar-refractivity contribution in [1.29, 1.82) is 5.26 Å². The summed E-state index contributed by atoms with van der Waals surface area (Å²) in [5, 5.41) is 8.83. The molecule has 0 fully saturated rings. The maximum atomic E-state index is 8.83. The first-order valence-electron chi connectivity index (χ1n) is 5.17. The van der Waals surface area contributed by atoms with Crippen molar-refractivity contribution in [3.05, 3.63) is 23.9 Å². The second kappa shape index (κ2) is 4.67. The van der Waals surface area contributed by atoms with E-state index in [1.165, 1.54) is 0 Å². The Hall–Kier alpha value is -2.68. The van der Waals surface area contributed by atoms with Crippen LogP contribution in [-0.2, 0) is 0 Å². The van der Waals surface area contributed by atoms with Gasteiger partial charge in [-0.05, 0) is 12.1 Å². The molecule has 92 valence electrons. The molecule has 3 N–H and O–H groups in total. The summed E-state index contributed by atoms with van der Waals surface area (Å²) in [6.45, 7) is 0. The number of hydrogen-bond donors (Lipinski definition) is 2. The van der Waals surface area contributed by atoms with E-state index in [-0.39, 0.29) is 11.5 Å². The van der Waals surface area contributed by atoms with Gasteiger partial charge in [0.15, 0.2) is 11.5 Å². The fourth-order valence-corrected chi connectivity index (χ4v) is 1.55. The largest absolute Gasteiger partial charge is 0.497 e. The number of aromatic nitrogens is 2. The summed E-state index contributed by atoms with van der Waals surface area (Å²) in [6, 6.07) is 7.25. The van der Waals surface area contributed by atoms with Gasteiger partial charge in [0, 0.05) is 11.6 Å². The maximum absolute atomic E-state index is 8.83. The van der Waals surface area contributed by atoms with Crippen LogP contribution in [0.5, 0.6) is 11.5 Å². The lowest BCUT2D eigenvalue weighted by Gasteiger charge is -2.06. The molecule has 0 aliphatic heterocycles. The van der Waals surface area contributed by atoms with Crippen LogP contribution in [0, 0.1) is 11.3 Å². The molecule has 0 unspecified atom stereocenters. The van der Waals surface area contributed by atoms with Gasteiger partial charge in [0.1, 0.15) is 23.4 Å². The van der Waals surface area contributed by atoms with Crippen LogP contribution < -0.4 is 15.2 Å². The van der Waals surface area contributed by atoms with E-state index in [1.807, 2.05) is 6.07 Å². The topological polar surface area (TPSA) is 96.9 Å². The van der Waals surface area contributed by atoms with Gasteiger partial charge in [-0.1, -0.05) is 0 Å². The van der Waals surface area contributed by atoms with Crippen LogP contribution in [0.2, 0.25) is 0 Å². The Morgan fingerprint density at radius 1 is 1.22 bits per heavy atom. The highest BCUT2D eigenvalue weighted by molar-refractivity contribution is 5.64. The zero-order valence-corrected chi connectivity index (χ0v) is 10.0. The minimum absolute atomic E-state index is 0.175. The summed E-state index contributed by atoms with van der Waals surface area (Å²) in [5.74, 6) is 1.95. The quantitative estimate of drug-likeness (QED) is 0.853. The van der Waals surface area contributed by atoms with Crippen LogP contribution in [0.3, 0.4) is 0 Å². The standard InChI is InChI=1S/C12H12N4O2/c1-17-8-3-7(4-9(5-8)18-2)12-15-10(6-13)11(14)16-12/h3-5H,14H2,1-2H3,(H,15,16). The molecule has 2 aromatic rings. The molecule has 0 aliphatic carbocycles. The second-order valence-corrected chi connectivity index (χ2v) is 3.56. The molecule has 0 amide bonds. The van der Waals surface area contributed by atoms with Crippen molar-refractivity contribution in [3.8, 4) is 29.0 Å². The molecule has 0 saturated carbocycles. The highest BCUT2D eigenvalue weighted by Gasteiger charge is 2.11. The smallest absolute Gasteiger partial charge is 0.161 e. The van der Waals surface area contributed by atoms with Crippen LogP contribution >= 0.6 is 0 Å². The van der Waals surface area contributed by atoms with Crippen molar-refractivity contribution < 1.29 is 9.47 Å². The first-order valence-corrected chi connectivity index (χ1v) is 5.17. The third kappa shape index (κ3) is 2.06. The number of nitrogens with zero attached hydrogens (tertiary/aromatic N) is 2. The lowest BCUT2D eigenvalue weighted by atomic mass is 10.2. The molecule has 1 aromatic carbocycles. The van der Waals surface area contributed by atoms with E-state index in [2.05, 4.69) is 9.97 Å². The Bertz CT molecular complexity index is 591. The van der Waals surface area contributed by atoms with E-state index in [9.17, 15) is 0 Å². The fourth-order valence-electron chi connectivity index (χ4n) is 1.55. The average molecular weight is 244 g/mol. The van der Waals surface area contributed by atoms with E-state index in [0.717, 1.165) is 5.56 Å². The average Bonchev–Trinajstić information content (AvgIpc) is 2.79. The molecule has 0 spiro atoms. The molecule has 0 atom stereocenters. The number of hydrogen-bond acceptors (Lipinski definition) is 5. The van der Waals surface area contributed by atoms with Crippen molar-refractivity contribution in [3.63, 3.8) is 0 Å². The van der Waals surface area contributed by atoms with Gasteiger partial charge in [-0.2, -0.15) is 5.26 Å². The van der Waals surface area contributed by atoms with E-state index in [0.29, 0.717) is 17.3 Å². The van der Waals surface area contributed by atoms with Crippen molar-refractivity contribution in [2.24, 2.45) is 0 Å². The molecule has 6 nitrogen and oxygen atoms in total. The highest BCUT2D eigenvalue weighted by atomic mass is 16.5. The highest BCUT2D eigenvalue weighted by Crippen LogP contribution is 2.29. The molecule has 1 heterocycles. The van der Waals surface area contributed by atoms with Gasteiger partial charge in [0.25, 0.3) is 0 Å². The molecule has 2 rings (SSSR count). The number of rotatable bonds is 3. The summed E-state index contributed by atoms with van der Waals surface area (Å²) in [6.07, 6.45) is 0. The fraction of sp³-hybridized carbons (Fsp3) is 0.167. The van der Waals surface area contributed by atoms with Crippen LogP contribution in [0.25, 0.3) is 11.4 Å². The number of nitriles is 1. The zero-order valence-electron chi connectivity index (χ0n) is 10.0. The minimum atomic E-state index is 0.175. The first-order chi connectivity index (χ1) is 8.67. The molecular weight excluding hydrogens is 232 g/mol. The Kier molecular flexibility index (Phi) is 3.06. The van der Waals surface area contributed by atoms with Gasteiger partial charge in [-0.25, -0.2) is 4.98 Å². The number of methoxy groups -OCH3 is 2. The Labute approximate surface area is 104 Å². The van der Waals surface area contributed by atoms with E-state index < -0.39 is 0 Å². The molecule has 0 aliphatic rings. The summed E-state index contributed by atoms with van der Waals surface area (Å²) >= 11 is 0. The number of aromatic amines is 1. The van der Waals surface area contributed by atoms with Gasteiger partial charge in [-0.3, -0.25) is 0 Å². The van der Waals surface area contributed by atoms with Crippen LogP contribution in [0.15, 0.2) is 18.2 Å². The van der Waals surface area contributed by atoms with Crippen molar-refractivity contribution >= 4 is 5.82 Å². The van der Waals surface area contributed by atoms with Crippen LogP contribution in [-0.4, -0.2) is 24.2 Å². The number of nitrogens with one attached hydrogen (secondary N) is 1. The Morgan fingerprint density at radius 2 is 1.83 bits per heavy atom. The Balaban J connectivity index is 2.52. The van der Waals surface area contributed by atoms with Crippen molar-refractivity contribution in [2.45, 2.75) is 0 Å². The number of nitrogen functional groups attached to an aromatic ring is 1. The summed E-state index contributed by atoms with van der Waals surface area (Å²) in [7, 11) is 3.13. The van der Waals surface area contributed by atoms with Crippen LogP contribution in [0.4, 0.5) is 5.82 Å². The van der Waals surface area contributed by atoms with E-state index in [1.54, 1.807) is 32.4 Å². The summed E-state index contributed by atoms with van der Waals surface area (Å²) < 4.78 is 10.3. The van der Waals surface area contributed by atoms with Gasteiger partial charge in [0.05, 0.1) is 14.2 Å². The van der Waals surface area contributed by atoms with Gasteiger partial charge in [-0.15, -0.1) is 0 Å². The maximum Gasteiger partial charge on any atom is 0.161 e. The van der Waals surface area contributed by atoms with Gasteiger partial charge >= 0.3 is 0 Å². The van der Waals surface area contributed by atoms with Gasteiger partial charge in [0.2, 0.25) is 0 Å². The number of nitrogens with two attached hydrogens (primary N) is 1. The molecule has 0 radical (unpaired) electrons. The summed E-state index contributed by atoms with van der Waals surface area (Å²) in [4.78, 5) is 6.93. The number of benzene rings is 1. The van der Waals surface area contributed by atoms with Crippen molar-refractivity contribution in [2.75, 3.05) is 20.0 Å². The third-order valence-electron chi connectivity index (χ3n) is 2.47. The second-order valence-electron chi connectivity index (χ2n) is 3.56. The number of anilines is 1. The Morgan fingerprint density at radius 3 is 2.28 bits per heavy atom. The predicted octanol–water partition coefficient (Wildman–Crippen LogP) is 1.55. The van der Waals surface area contributed by atoms with Gasteiger partial charge < -0.3 is 20.2 Å². The monoisotopic (exact) mass is 244 g/mol. The summed E-state index contributed by atoms with van der Waals surface area (Å²) in [5.41, 5.74) is 6.58. The first kappa shape index (κ1) is 11.8. The van der Waals surface area contributed by atoms with Crippen LogP contribution in [0.1, 0.15) is 5.69 Å². The van der Waals surface area contributed by atoms with E-state index >= 15 is 0 Å². The lowest BCUT2D eigenvalue weighted by Crippen LogP contribution is -1.90. The SMILES string of the molecule is COc1cc(OC)cc(-c2nc(N)c(C#N)[nH]2)c1. The molecule has 18 heavy (non-hydrogen) atoms. The predicted molar refractivity (Wildman–Crippen MR) is 66.3 cm³/mol. The molecular formula is C12H12N4O2. The zero-order chi connectivity index (χ0) is 13.1. The minimum Gasteiger partial charge on any atom is -0.497 e. The number of H-pyrrole nitrogens is 1. The molecule has 1 aromatic heterocycles. The normalized spacial score (nSPS) is 9.83. The third-order valence-corrected chi connectivity index (χ3v) is 2.47. The number of ether oxygens (including phenoxy) is 2.